The van der Waals surface area contributed by atoms with Crippen LogP contribution in [0.25, 0.3) is 0 Å². The maximum atomic E-state index is 13.5. The first kappa shape index (κ1) is 13.9. The maximum Gasteiger partial charge on any atom is 0.335 e. The molecule has 0 spiro atoms. The van der Waals surface area contributed by atoms with Crippen molar-refractivity contribution in [3.05, 3.63) is 0 Å². The SMILES string of the molecule is CC1(C)C2CCC1(CC(F)(F)S(=O)(=O)[O-])C(=O)C2. The number of halogens is 2. The summed E-state index contributed by atoms with van der Waals surface area (Å²) in [6.07, 6.45) is -0.0848. The highest BCUT2D eigenvalue weighted by atomic mass is 32.2. The minimum absolute atomic E-state index is 0.00940. The summed E-state index contributed by atoms with van der Waals surface area (Å²) >= 11 is 0. The summed E-state index contributed by atoms with van der Waals surface area (Å²) in [5.41, 5.74) is -2.03. The molecule has 0 N–H and O–H groups in total. The molecule has 0 amide bonds. The fraction of sp³-hybridized carbons (Fsp3) is 0.909. The number of carbonyl (C=O) groups is 1. The standard InChI is InChI=1S/C11H16F2O4S/c1-9(2)7-3-4-10(9,8(14)5-7)6-11(12,13)18(15,16)17/h7H,3-6H2,1-2H3,(H,15,16,17)/p-1. The molecule has 4 nitrogen and oxygen atoms in total. The average Bonchev–Trinajstić information content (AvgIpc) is 2.48. The lowest BCUT2D eigenvalue weighted by molar-refractivity contribution is -0.133. The van der Waals surface area contributed by atoms with Gasteiger partial charge in [0.25, 0.3) is 0 Å². The quantitative estimate of drug-likeness (QED) is 0.741. The van der Waals surface area contributed by atoms with Crippen molar-refractivity contribution in [2.45, 2.75) is 44.8 Å². The highest BCUT2D eigenvalue weighted by molar-refractivity contribution is 7.86. The molecule has 0 radical (unpaired) electrons. The predicted molar refractivity (Wildman–Crippen MR) is 57.8 cm³/mol. The van der Waals surface area contributed by atoms with Gasteiger partial charge in [-0.25, -0.2) is 8.42 Å². The lowest BCUT2D eigenvalue weighted by atomic mass is 9.67. The van der Waals surface area contributed by atoms with E-state index in [1.54, 1.807) is 13.8 Å². The number of alkyl halides is 2. The summed E-state index contributed by atoms with van der Waals surface area (Å²) < 4.78 is 58.8. The Labute approximate surface area is 104 Å². The fourth-order valence-corrected chi connectivity index (χ4v) is 4.05. The molecule has 18 heavy (non-hydrogen) atoms. The topological polar surface area (TPSA) is 74.3 Å². The summed E-state index contributed by atoms with van der Waals surface area (Å²) in [7, 11) is -5.73. The van der Waals surface area contributed by atoms with Gasteiger partial charge in [0.2, 0.25) is 0 Å². The van der Waals surface area contributed by atoms with Gasteiger partial charge in [0.05, 0.1) is 0 Å². The highest BCUT2D eigenvalue weighted by Crippen LogP contribution is 2.67. The van der Waals surface area contributed by atoms with E-state index >= 15 is 0 Å². The third-order valence-corrected chi connectivity index (χ3v) is 5.89. The van der Waals surface area contributed by atoms with E-state index < -0.39 is 32.6 Å². The zero-order valence-corrected chi connectivity index (χ0v) is 11.0. The fourth-order valence-electron chi connectivity index (χ4n) is 3.62. The molecule has 2 atom stereocenters. The molecule has 0 heterocycles. The Morgan fingerprint density at radius 2 is 2.00 bits per heavy atom. The van der Waals surface area contributed by atoms with Crippen molar-refractivity contribution < 1.29 is 26.5 Å². The van der Waals surface area contributed by atoms with E-state index in [1.807, 2.05) is 0 Å². The Kier molecular flexibility index (Phi) is 2.70. The molecule has 7 heteroatoms. The van der Waals surface area contributed by atoms with Crippen molar-refractivity contribution in [1.29, 1.82) is 0 Å². The third kappa shape index (κ3) is 1.56. The van der Waals surface area contributed by atoms with Gasteiger partial charge < -0.3 is 4.55 Å². The number of carbonyl (C=O) groups excluding carboxylic acids is 1. The van der Waals surface area contributed by atoms with Crippen LogP contribution in [0, 0.1) is 16.7 Å². The number of Topliss-reactive ketones (excluding diaryl/α,β-unsaturated/α-hetero) is 1. The second kappa shape index (κ2) is 3.50. The zero-order chi connectivity index (χ0) is 14.0. The number of rotatable bonds is 3. The molecule has 2 saturated carbocycles. The van der Waals surface area contributed by atoms with Crippen molar-refractivity contribution in [1.82, 2.24) is 0 Å². The van der Waals surface area contributed by atoms with Crippen LogP contribution >= 0.6 is 0 Å². The van der Waals surface area contributed by atoms with Crippen LogP contribution in [-0.4, -0.2) is 24.0 Å². The van der Waals surface area contributed by atoms with Crippen molar-refractivity contribution in [2.24, 2.45) is 16.7 Å². The Balaban J connectivity index is 2.42. The molecule has 2 aliphatic rings. The van der Waals surface area contributed by atoms with Crippen LogP contribution in [0.1, 0.15) is 39.5 Å². The van der Waals surface area contributed by atoms with E-state index in [9.17, 15) is 26.5 Å². The minimum atomic E-state index is -5.73. The molecule has 0 saturated heterocycles. The van der Waals surface area contributed by atoms with Gasteiger partial charge in [0, 0.05) is 18.3 Å². The van der Waals surface area contributed by atoms with Crippen LogP contribution in [0.5, 0.6) is 0 Å². The van der Waals surface area contributed by atoms with Gasteiger partial charge in [-0.15, -0.1) is 0 Å². The van der Waals surface area contributed by atoms with Gasteiger partial charge in [-0.3, -0.25) is 4.79 Å². The Morgan fingerprint density at radius 3 is 2.33 bits per heavy atom. The number of hydrogen-bond acceptors (Lipinski definition) is 4. The largest absolute Gasteiger partial charge is 0.743 e. The van der Waals surface area contributed by atoms with Crippen LogP contribution in [0.15, 0.2) is 0 Å². The van der Waals surface area contributed by atoms with E-state index in [4.69, 9.17) is 0 Å². The van der Waals surface area contributed by atoms with Crippen molar-refractivity contribution in [3.63, 3.8) is 0 Å². The molecule has 0 aromatic carbocycles. The van der Waals surface area contributed by atoms with Crippen molar-refractivity contribution in [3.8, 4) is 0 Å². The van der Waals surface area contributed by atoms with Gasteiger partial charge in [0.15, 0.2) is 10.1 Å². The van der Waals surface area contributed by atoms with Gasteiger partial charge in [-0.1, -0.05) is 13.8 Å². The molecule has 104 valence electrons. The van der Waals surface area contributed by atoms with Crippen molar-refractivity contribution >= 4 is 15.9 Å². The average molecular weight is 281 g/mol. The van der Waals surface area contributed by atoms with Crippen LogP contribution in [-0.2, 0) is 14.9 Å². The minimum Gasteiger partial charge on any atom is -0.743 e. The second-order valence-electron chi connectivity index (χ2n) is 5.93. The predicted octanol–water partition coefficient (Wildman–Crippen LogP) is 1.91. The maximum absolute atomic E-state index is 13.5. The van der Waals surface area contributed by atoms with E-state index in [-0.39, 0.29) is 24.5 Å². The molecular formula is C11H15F2O4S-. The summed E-state index contributed by atoms with van der Waals surface area (Å²) in [5.74, 6) is -0.317. The monoisotopic (exact) mass is 281 g/mol. The number of ketones is 1. The molecule has 0 aliphatic heterocycles. The lowest BCUT2D eigenvalue weighted by Crippen LogP contribution is -2.44. The molecule has 2 fully saturated rings. The normalized spacial score (nSPS) is 35.2. The Hall–Kier alpha value is -0.560. The first-order chi connectivity index (χ1) is 7.94. The second-order valence-corrected chi connectivity index (χ2v) is 7.44. The van der Waals surface area contributed by atoms with Crippen LogP contribution in [0.4, 0.5) is 8.78 Å². The summed E-state index contributed by atoms with van der Waals surface area (Å²) in [6.45, 7) is 3.42. The Morgan fingerprint density at radius 1 is 1.44 bits per heavy atom. The third-order valence-electron chi connectivity index (χ3n) is 5.01. The summed E-state index contributed by atoms with van der Waals surface area (Å²) in [4.78, 5) is 11.9. The van der Waals surface area contributed by atoms with Crippen molar-refractivity contribution in [2.75, 3.05) is 0 Å². The van der Waals surface area contributed by atoms with Gasteiger partial charge in [-0.05, 0) is 24.2 Å². The smallest absolute Gasteiger partial charge is 0.335 e. The van der Waals surface area contributed by atoms with Crippen LogP contribution in [0.2, 0.25) is 0 Å². The highest BCUT2D eigenvalue weighted by Gasteiger charge is 2.67. The molecule has 2 bridgehead atoms. The zero-order valence-electron chi connectivity index (χ0n) is 10.2. The molecular weight excluding hydrogens is 266 g/mol. The van der Waals surface area contributed by atoms with Crippen LogP contribution < -0.4 is 0 Å². The molecule has 2 unspecified atom stereocenters. The van der Waals surface area contributed by atoms with E-state index in [1.165, 1.54) is 0 Å². The van der Waals surface area contributed by atoms with Crippen LogP contribution in [0.3, 0.4) is 0 Å². The summed E-state index contributed by atoms with van der Waals surface area (Å²) in [6, 6.07) is 0. The van der Waals surface area contributed by atoms with Gasteiger partial charge in [0.1, 0.15) is 5.78 Å². The number of fused-ring (bicyclic) bond motifs is 2. The molecule has 0 aromatic heterocycles. The van der Waals surface area contributed by atoms with Gasteiger partial charge in [-0.2, -0.15) is 8.78 Å². The van der Waals surface area contributed by atoms with E-state index in [0.29, 0.717) is 6.42 Å². The molecule has 2 aliphatic carbocycles. The Bertz CT molecular complexity index is 497. The first-order valence-electron chi connectivity index (χ1n) is 5.81. The van der Waals surface area contributed by atoms with Gasteiger partial charge >= 0.3 is 5.25 Å². The first-order valence-corrected chi connectivity index (χ1v) is 7.21. The van der Waals surface area contributed by atoms with E-state index in [2.05, 4.69) is 0 Å². The molecule has 2 rings (SSSR count). The number of hydrogen-bond donors (Lipinski definition) is 0. The lowest BCUT2D eigenvalue weighted by Gasteiger charge is -2.39. The summed E-state index contributed by atoms with van der Waals surface area (Å²) in [5, 5.41) is -4.38. The molecule has 0 aromatic rings. The van der Waals surface area contributed by atoms with E-state index in [0.717, 1.165) is 0 Å².